The SMILES string of the molecule is CCCC(CBr)(CCC)CN(C)CCC(C)C. The molecule has 0 saturated carbocycles. The second kappa shape index (κ2) is 9.38. The predicted octanol–water partition coefficient (Wildman–Crippen LogP) is 4.95. The third-order valence-electron chi connectivity index (χ3n) is 3.54. The fraction of sp³-hybridized carbons (Fsp3) is 1.00. The molecular formula is C15H32BrN. The van der Waals surface area contributed by atoms with E-state index in [2.05, 4.69) is 55.6 Å². The zero-order valence-corrected chi connectivity index (χ0v) is 14.1. The Kier molecular flexibility index (Phi) is 9.62. The van der Waals surface area contributed by atoms with Gasteiger partial charge in [-0.15, -0.1) is 0 Å². The molecule has 0 radical (unpaired) electrons. The van der Waals surface area contributed by atoms with E-state index in [9.17, 15) is 0 Å². The van der Waals surface area contributed by atoms with E-state index in [1.807, 2.05) is 0 Å². The summed E-state index contributed by atoms with van der Waals surface area (Å²) in [4.78, 5) is 2.53. The number of hydrogen-bond acceptors (Lipinski definition) is 1. The number of nitrogens with zero attached hydrogens (tertiary/aromatic N) is 1. The Morgan fingerprint density at radius 1 is 1.12 bits per heavy atom. The molecule has 104 valence electrons. The maximum atomic E-state index is 3.76. The molecule has 0 bridgehead atoms. The molecule has 2 heteroatoms. The molecule has 0 N–H and O–H groups in total. The fourth-order valence-corrected chi connectivity index (χ4v) is 3.39. The van der Waals surface area contributed by atoms with Crippen molar-refractivity contribution in [2.75, 3.05) is 25.5 Å². The van der Waals surface area contributed by atoms with Crippen molar-refractivity contribution in [3.63, 3.8) is 0 Å². The number of halogens is 1. The zero-order chi connectivity index (χ0) is 13.3. The first kappa shape index (κ1) is 17.4. The van der Waals surface area contributed by atoms with Gasteiger partial charge in [0, 0.05) is 11.9 Å². The van der Waals surface area contributed by atoms with Crippen LogP contribution in [0.3, 0.4) is 0 Å². The molecule has 0 saturated heterocycles. The van der Waals surface area contributed by atoms with Gasteiger partial charge in [-0.05, 0) is 44.2 Å². The van der Waals surface area contributed by atoms with Gasteiger partial charge in [-0.25, -0.2) is 0 Å². The summed E-state index contributed by atoms with van der Waals surface area (Å²) in [7, 11) is 2.28. The highest BCUT2D eigenvalue weighted by atomic mass is 79.9. The molecule has 0 rings (SSSR count). The topological polar surface area (TPSA) is 3.24 Å². The lowest BCUT2D eigenvalue weighted by Gasteiger charge is -2.36. The Labute approximate surface area is 117 Å². The maximum Gasteiger partial charge on any atom is 0.0100 e. The van der Waals surface area contributed by atoms with Gasteiger partial charge in [-0.2, -0.15) is 0 Å². The van der Waals surface area contributed by atoms with E-state index in [0.29, 0.717) is 5.41 Å². The first-order valence-electron chi connectivity index (χ1n) is 7.24. The molecular weight excluding hydrogens is 274 g/mol. The van der Waals surface area contributed by atoms with Gasteiger partial charge in [-0.1, -0.05) is 56.5 Å². The first-order chi connectivity index (χ1) is 7.99. The predicted molar refractivity (Wildman–Crippen MR) is 83.0 cm³/mol. The molecule has 17 heavy (non-hydrogen) atoms. The summed E-state index contributed by atoms with van der Waals surface area (Å²) in [5, 5.41) is 1.15. The summed E-state index contributed by atoms with van der Waals surface area (Å²) >= 11 is 3.76. The molecule has 0 atom stereocenters. The van der Waals surface area contributed by atoms with E-state index in [1.54, 1.807) is 0 Å². The second-order valence-corrected chi connectivity index (χ2v) is 6.61. The summed E-state index contributed by atoms with van der Waals surface area (Å²) in [6, 6.07) is 0. The van der Waals surface area contributed by atoms with E-state index < -0.39 is 0 Å². The normalized spacial score (nSPS) is 12.7. The van der Waals surface area contributed by atoms with Gasteiger partial charge in [0.1, 0.15) is 0 Å². The highest BCUT2D eigenvalue weighted by molar-refractivity contribution is 9.09. The average molecular weight is 306 g/mol. The summed E-state index contributed by atoms with van der Waals surface area (Å²) in [6.07, 6.45) is 6.59. The van der Waals surface area contributed by atoms with Crippen LogP contribution in [0.4, 0.5) is 0 Å². The quantitative estimate of drug-likeness (QED) is 0.516. The Morgan fingerprint density at radius 2 is 1.65 bits per heavy atom. The van der Waals surface area contributed by atoms with Crippen LogP contribution < -0.4 is 0 Å². The summed E-state index contributed by atoms with van der Waals surface area (Å²) in [5.74, 6) is 0.813. The van der Waals surface area contributed by atoms with Crippen molar-refractivity contribution in [3.05, 3.63) is 0 Å². The van der Waals surface area contributed by atoms with Crippen LogP contribution in [0.15, 0.2) is 0 Å². The van der Waals surface area contributed by atoms with E-state index in [1.165, 1.54) is 45.2 Å². The Bertz CT molecular complexity index is 174. The smallest absolute Gasteiger partial charge is 0.0100 e. The Balaban J connectivity index is 4.29. The lowest BCUT2D eigenvalue weighted by atomic mass is 9.80. The molecule has 0 aliphatic carbocycles. The summed E-state index contributed by atoms with van der Waals surface area (Å²) in [6.45, 7) is 11.7. The highest BCUT2D eigenvalue weighted by Gasteiger charge is 2.28. The fourth-order valence-electron chi connectivity index (χ4n) is 2.65. The molecule has 0 aromatic heterocycles. The van der Waals surface area contributed by atoms with Crippen molar-refractivity contribution in [3.8, 4) is 0 Å². The van der Waals surface area contributed by atoms with Gasteiger partial charge >= 0.3 is 0 Å². The van der Waals surface area contributed by atoms with Crippen LogP contribution in [-0.4, -0.2) is 30.4 Å². The molecule has 0 amide bonds. The van der Waals surface area contributed by atoms with E-state index in [-0.39, 0.29) is 0 Å². The molecule has 1 nitrogen and oxygen atoms in total. The largest absolute Gasteiger partial charge is 0.306 e. The minimum Gasteiger partial charge on any atom is -0.306 e. The van der Waals surface area contributed by atoms with Crippen LogP contribution in [0.2, 0.25) is 0 Å². The van der Waals surface area contributed by atoms with Gasteiger partial charge in [0.05, 0.1) is 0 Å². The van der Waals surface area contributed by atoms with Crippen LogP contribution in [-0.2, 0) is 0 Å². The second-order valence-electron chi connectivity index (χ2n) is 6.05. The number of hydrogen-bond donors (Lipinski definition) is 0. The number of rotatable bonds is 10. The third kappa shape index (κ3) is 7.46. The van der Waals surface area contributed by atoms with Crippen LogP contribution in [0.1, 0.15) is 59.8 Å². The van der Waals surface area contributed by atoms with Crippen LogP contribution in [0.5, 0.6) is 0 Å². The lowest BCUT2D eigenvalue weighted by molar-refractivity contribution is 0.166. The molecule has 0 aliphatic rings. The van der Waals surface area contributed by atoms with Crippen LogP contribution in [0.25, 0.3) is 0 Å². The van der Waals surface area contributed by atoms with Gasteiger partial charge in [0.2, 0.25) is 0 Å². The molecule has 0 unspecified atom stereocenters. The van der Waals surface area contributed by atoms with Crippen molar-refractivity contribution in [2.45, 2.75) is 59.8 Å². The molecule has 0 aromatic rings. The van der Waals surface area contributed by atoms with Gasteiger partial charge in [0.15, 0.2) is 0 Å². The highest BCUT2D eigenvalue weighted by Crippen LogP contribution is 2.33. The van der Waals surface area contributed by atoms with Crippen LogP contribution in [0, 0.1) is 11.3 Å². The van der Waals surface area contributed by atoms with E-state index in [4.69, 9.17) is 0 Å². The van der Waals surface area contributed by atoms with Crippen molar-refractivity contribution in [2.24, 2.45) is 11.3 Å². The number of alkyl halides is 1. The van der Waals surface area contributed by atoms with Crippen molar-refractivity contribution in [1.82, 2.24) is 4.90 Å². The molecule has 0 fully saturated rings. The minimum absolute atomic E-state index is 0.495. The van der Waals surface area contributed by atoms with Crippen molar-refractivity contribution in [1.29, 1.82) is 0 Å². The van der Waals surface area contributed by atoms with Gasteiger partial charge in [0.25, 0.3) is 0 Å². The zero-order valence-electron chi connectivity index (χ0n) is 12.6. The third-order valence-corrected chi connectivity index (χ3v) is 4.73. The average Bonchev–Trinajstić information content (AvgIpc) is 2.27. The van der Waals surface area contributed by atoms with Gasteiger partial charge < -0.3 is 4.90 Å². The molecule has 0 heterocycles. The van der Waals surface area contributed by atoms with Gasteiger partial charge in [-0.3, -0.25) is 0 Å². The monoisotopic (exact) mass is 305 g/mol. The lowest BCUT2D eigenvalue weighted by Crippen LogP contribution is -2.37. The summed E-state index contributed by atoms with van der Waals surface area (Å²) in [5.41, 5.74) is 0.495. The molecule has 0 aromatic carbocycles. The van der Waals surface area contributed by atoms with E-state index >= 15 is 0 Å². The summed E-state index contributed by atoms with van der Waals surface area (Å²) < 4.78 is 0. The van der Waals surface area contributed by atoms with Crippen LogP contribution >= 0.6 is 15.9 Å². The minimum atomic E-state index is 0.495. The Morgan fingerprint density at radius 3 is 2.00 bits per heavy atom. The standard InChI is InChI=1S/C15H32BrN/c1-6-9-15(12-16,10-7-2)13-17(5)11-8-14(3)4/h14H,6-13H2,1-5H3. The Hall–Kier alpha value is 0.440. The van der Waals surface area contributed by atoms with Crippen molar-refractivity contribution >= 4 is 15.9 Å². The van der Waals surface area contributed by atoms with E-state index in [0.717, 1.165) is 11.2 Å². The van der Waals surface area contributed by atoms with Crippen molar-refractivity contribution < 1.29 is 0 Å². The molecule has 0 spiro atoms. The molecule has 0 aliphatic heterocycles. The first-order valence-corrected chi connectivity index (χ1v) is 8.36. The maximum absolute atomic E-state index is 3.76.